The first-order valence-electron chi connectivity index (χ1n) is 14.1. The molecule has 0 heterocycles. The number of benzene rings is 3. The Balaban J connectivity index is 2.16. The molecule has 0 bridgehead atoms. The van der Waals surface area contributed by atoms with Gasteiger partial charge < -0.3 is 19.7 Å². The van der Waals surface area contributed by atoms with Crippen molar-refractivity contribution in [2.45, 2.75) is 57.6 Å². The van der Waals surface area contributed by atoms with E-state index in [-0.39, 0.29) is 34.6 Å². The molecule has 2 amide bonds. The van der Waals surface area contributed by atoms with E-state index in [0.717, 1.165) is 10.4 Å². The molecule has 0 saturated heterocycles. The Labute approximate surface area is 268 Å². The SMILES string of the molecule is CC[C@H](C)NC(=O)[C@H](C)N(Cc1cccc(OC)c1)C(=O)CN(c1cc(Cl)ccc1OC)S(=O)(=O)c1ccc(C)c([N+](=O)[O-])c1. The normalized spacial score (nSPS) is 12.5. The van der Waals surface area contributed by atoms with Crippen LogP contribution in [0.15, 0.2) is 65.6 Å². The molecule has 0 fully saturated rings. The number of nitro groups is 1. The molecule has 2 atom stereocenters. The quantitative estimate of drug-likeness (QED) is 0.185. The summed E-state index contributed by atoms with van der Waals surface area (Å²) in [6.45, 7) is 5.94. The molecule has 0 aliphatic rings. The number of sulfonamides is 1. The number of hydrogen-bond donors (Lipinski definition) is 1. The van der Waals surface area contributed by atoms with E-state index in [1.807, 2.05) is 13.8 Å². The molecule has 14 heteroatoms. The number of carbonyl (C=O) groups is 2. The minimum Gasteiger partial charge on any atom is -0.497 e. The van der Waals surface area contributed by atoms with Crippen LogP contribution in [0.2, 0.25) is 5.02 Å². The van der Waals surface area contributed by atoms with E-state index in [0.29, 0.717) is 17.7 Å². The maximum absolute atomic E-state index is 14.2. The van der Waals surface area contributed by atoms with Crippen LogP contribution in [-0.2, 0) is 26.2 Å². The van der Waals surface area contributed by atoms with Gasteiger partial charge in [0.05, 0.1) is 29.7 Å². The van der Waals surface area contributed by atoms with Crippen LogP contribution < -0.4 is 19.1 Å². The second-order valence-corrected chi connectivity index (χ2v) is 12.7. The molecule has 1 N–H and O–H groups in total. The third-order valence-electron chi connectivity index (χ3n) is 7.31. The second-order valence-electron chi connectivity index (χ2n) is 10.4. The van der Waals surface area contributed by atoms with Crippen molar-refractivity contribution in [3.63, 3.8) is 0 Å². The van der Waals surface area contributed by atoms with Crippen LogP contribution in [-0.4, -0.2) is 62.9 Å². The largest absolute Gasteiger partial charge is 0.497 e. The highest BCUT2D eigenvalue weighted by Crippen LogP contribution is 2.36. The van der Waals surface area contributed by atoms with Gasteiger partial charge >= 0.3 is 0 Å². The number of rotatable bonds is 14. The predicted octanol–water partition coefficient (Wildman–Crippen LogP) is 5.10. The van der Waals surface area contributed by atoms with Gasteiger partial charge in [-0.2, -0.15) is 0 Å². The fourth-order valence-electron chi connectivity index (χ4n) is 4.46. The van der Waals surface area contributed by atoms with E-state index in [4.69, 9.17) is 21.1 Å². The predicted molar refractivity (Wildman–Crippen MR) is 171 cm³/mol. The summed E-state index contributed by atoms with van der Waals surface area (Å²) in [5.41, 5.74) is 0.414. The number of nitrogens with zero attached hydrogens (tertiary/aromatic N) is 3. The number of halogens is 1. The minimum atomic E-state index is -4.64. The summed E-state index contributed by atoms with van der Waals surface area (Å²) in [6.07, 6.45) is 0.658. The number of anilines is 1. The molecule has 3 aromatic carbocycles. The summed E-state index contributed by atoms with van der Waals surface area (Å²) in [5.74, 6) is -0.536. The van der Waals surface area contributed by atoms with Crippen molar-refractivity contribution >= 4 is 44.8 Å². The molecule has 0 saturated carbocycles. The lowest BCUT2D eigenvalue weighted by molar-refractivity contribution is -0.385. The van der Waals surface area contributed by atoms with Crippen LogP contribution in [0.25, 0.3) is 0 Å². The average molecular weight is 661 g/mol. The third-order valence-corrected chi connectivity index (χ3v) is 9.30. The van der Waals surface area contributed by atoms with E-state index in [1.165, 1.54) is 56.4 Å². The van der Waals surface area contributed by atoms with Crippen molar-refractivity contribution in [3.8, 4) is 11.5 Å². The maximum Gasteiger partial charge on any atom is 0.273 e. The Morgan fingerprint density at radius 3 is 2.38 bits per heavy atom. The van der Waals surface area contributed by atoms with E-state index >= 15 is 0 Å². The van der Waals surface area contributed by atoms with E-state index < -0.39 is 49.9 Å². The minimum absolute atomic E-state index is 0.0539. The molecule has 0 aliphatic heterocycles. The molecule has 0 aromatic heterocycles. The number of amides is 2. The van der Waals surface area contributed by atoms with Crippen LogP contribution in [0.1, 0.15) is 38.3 Å². The van der Waals surface area contributed by atoms with E-state index in [9.17, 15) is 28.1 Å². The highest BCUT2D eigenvalue weighted by Gasteiger charge is 2.35. The van der Waals surface area contributed by atoms with Gasteiger partial charge in [-0.3, -0.25) is 24.0 Å². The second kappa shape index (κ2) is 15.1. The molecule has 242 valence electrons. The van der Waals surface area contributed by atoms with Gasteiger partial charge in [0.2, 0.25) is 11.8 Å². The maximum atomic E-state index is 14.2. The number of ether oxygens (including phenoxy) is 2. The van der Waals surface area contributed by atoms with Crippen molar-refractivity contribution in [3.05, 3.63) is 86.9 Å². The molecular formula is C31H37ClN4O8S. The molecule has 0 spiro atoms. The van der Waals surface area contributed by atoms with Crippen LogP contribution in [0.4, 0.5) is 11.4 Å². The zero-order valence-corrected chi connectivity index (χ0v) is 27.5. The van der Waals surface area contributed by atoms with Crippen molar-refractivity contribution in [2.24, 2.45) is 0 Å². The summed E-state index contributed by atoms with van der Waals surface area (Å²) < 4.78 is 40.0. The van der Waals surface area contributed by atoms with Crippen molar-refractivity contribution in [1.29, 1.82) is 0 Å². The third kappa shape index (κ3) is 8.43. The molecule has 0 aliphatic carbocycles. The average Bonchev–Trinajstić information content (AvgIpc) is 3.01. The first kappa shape index (κ1) is 35.1. The fraction of sp³-hybridized carbons (Fsp3) is 0.355. The molecule has 12 nitrogen and oxygen atoms in total. The molecule has 0 radical (unpaired) electrons. The lowest BCUT2D eigenvalue weighted by Gasteiger charge is -2.33. The highest BCUT2D eigenvalue weighted by atomic mass is 35.5. The van der Waals surface area contributed by atoms with Gasteiger partial charge in [0.15, 0.2) is 0 Å². The summed E-state index contributed by atoms with van der Waals surface area (Å²) in [7, 11) is -1.81. The monoisotopic (exact) mass is 660 g/mol. The lowest BCUT2D eigenvalue weighted by atomic mass is 10.1. The first-order valence-corrected chi connectivity index (χ1v) is 15.9. The summed E-state index contributed by atoms with van der Waals surface area (Å²) in [6, 6.07) is 13.5. The molecule has 0 unspecified atom stereocenters. The van der Waals surface area contributed by atoms with Gasteiger partial charge in [-0.05, 0) is 69.2 Å². The summed E-state index contributed by atoms with van der Waals surface area (Å²) in [4.78, 5) is 39.3. The molecule has 3 aromatic rings. The highest BCUT2D eigenvalue weighted by molar-refractivity contribution is 7.92. The Hall–Kier alpha value is -4.36. The van der Waals surface area contributed by atoms with Crippen molar-refractivity contribution in [1.82, 2.24) is 10.2 Å². The lowest BCUT2D eigenvalue weighted by Crippen LogP contribution is -2.52. The van der Waals surface area contributed by atoms with Crippen LogP contribution >= 0.6 is 11.6 Å². The number of methoxy groups -OCH3 is 2. The Kier molecular flexibility index (Phi) is 11.8. The smallest absolute Gasteiger partial charge is 0.273 e. The fourth-order valence-corrected chi connectivity index (χ4v) is 6.06. The van der Waals surface area contributed by atoms with Gasteiger partial charge in [0, 0.05) is 29.2 Å². The Morgan fingerprint density at radius 1 is 1.04 bits per heavy atom. The summed E-state index contributed by atoms with van der Waals surface area (Å²) >= 11 is 6.26. The van der Waals surface area contributed by atoms with Gasteiger partial charge in [-0.1, -0.05) is 36.7 Å². The number of hydrogen-bond acceptors (Lipinski definition) is 8. The van der Waals surface area contributed by atoms with Crippen LogP contribution in [0.5, 0.6) is 11.5 Å². The topological polar surface area (TPSA) is 148 Å². The van der Waals surface area contributed by atoms with E-state index in [2.05, 4.69) is 5.32 Å². The van der Waals surface area contributed by atoms with Gasteiger partial charge in [0.1, 0.15) is 24.1 Å². The van der Waals surface area contributed by atoms with Crippen molar-refractivity contribution in [2.75, 3.05) is 25.1 Å². The number of carbonyl (C=O) groups excluding carboxylic acids is 2. The van der Waals surface area contributed by atoms with Crippen molar-refractivity contribution < 1.29 is 32.4 Å². The standard InChI is InChI=1S/C31H37ClN4O8S/c1-7-21(3)33-31(38)22(4)34(18-23-9-8-10-25(15-23)43-5)30(37)19-35(28-16-24(32)12-14-29(28)44-6)45(41,42)26-13-11-20(2)27(17-26)36(39)40/h8-17,21-22H,7,18-19H2,1-6H3,(H,33,38)/t21-,22-/m0/s1. The van der Waals surface area contributed by atoms with Crippen LogP contribution in [0.3, 0.4) is 0 Å². The van der Waals surface area contributed by atoms with E-state index in [1.54, 1.807) is 31.2 Å². The summed E-state index contributed by atoms with van der Waals surface area (Å²) in [5, 5.41) is 14.7. The van der Waals surface area contributed by atoms with Crippen LogP contribution in [0, 0.1) is 17.0 Å². The molecular weight excluding hydrogens is 624 g/mol. The zero-order valence-electron chi connectivity index (χ0n) is 25.9. The van der Waals surface area contributed by atoms with Gasteiger partial charge in [-0.25, -0.2) is 8.42 Å². The van der Waals surface area contributed by atoms with Gasteiger partial charge in [-0.15, -0.1) is 0 Å². The van der Waals surface area contributed by atoms with Gasteiger partial charge in [0.25, 0.3) is 15.7 Å². The Bertz CT molecular complexity index is 1670. The number of aryl methyl sites for hydroxylation is 1. The molecule has 45 heavy (non-hydrogen) atoms. The number of nitro benzene ring substituents is 1. The first-order chi connectivity index (χ1) is 21.2. The number of nitrogens with one attached hydrogen (secondary N) is 1. The zero-order chi connectivity index (χ0) is 33.5. The Morgan fingerprint density at radius 2 is 1.76 bits per heavy atom. The molecule has 3 rings (SSSR count).